The van der Waals surface area contributed by atoms with Crippen LogP contribution in [0.15, 0.2) is 54.3 Å². The van der Waals surface area contributed by atoms with Gasteiger partial charge in [0.05, 0.1) is 32.5 Å². The third-order valence-corrected chi connectivity index (χ3v) is 6.27. The molecule has 3 aromatic rings. The molecule has 0 amide bonds. The lowest BCUT2D eigenvalue weighted by atomic mass is 10.0. The molecule has 3 aromatic carbocycles. The molecule has 0 saturated carbocycles. The molecule has 0 aromatic heterocycles. The lowest BCUT2D eigenvalue weighted by Gasteiger charge is -2.29. The molecular weight excluding hydrogens is 470 g/mol. The molecule has 0 saturated heterocycles. The fourth-order valence-corrected chi connectivity index (χ4v) is 4.46. The maximum Gasteiger partial charge on any atom is 0.231 e. The van der Waals surface area contributed by atoms with Crippen LogP contribution in [0.25, 0.3) is 6.08 Å². The molecule has 2 aliphatic rings. The number of ether oxygens (including phenoxy) is 5. The van der Waals surface area contributed by atoms with Crippen LogP contribution in [0.5, 0.6) is 28.7 Å². The number of nitrogens with zero attached hydrogens (tertiary/aromatic N) is 1. The van der Waals surface area contributed by atoms with Crippen LogP contribution in [0.3, 0.4) is 0 Å². The van der Waals surface area contributed by atoms with Gasteiger partial charge in [-0.3, -0.25) is 9.69 Å². The number of benzene rings is 3. The third kappa shape index (κ3) is 4.29. The van der Waals surface area contributed by atoms with Crippen LogP contribution in [0.2, 0.25) is 5.02 Å². The standard InChI is InChI=1S/C27H24ClNO6/c1-31-22-10-6-17(25(32-2)27(22)33-3)12-23-24(30)19-9-11-21-20(26(19)35-23)14-29(15-34-21)13-16-4-7-18(28)8-5-16/h4-12H,13-15H2,1-3H3/b23-12-. The van der Waals surface area contributed by atoms with Crippen LogP contribution in [0.1, 0.15) is 27.0 Å². The minimum absolute atomic E-state index is 0.200. The van der Waals surface area contributed by atoms with E-state index in [2.05, 4.69) is 4.90 Å². The Kier molecular flexibility index (Phi) is 6.28. The van der Waals surface area contributed by atoms with E-state index in [1.165, 1.54) is 14.2 Å². The van der Waals surface area contributed by atoms with Crippen molar-refractivity contribution in [3.05, 3.63) is 81.6 Å². The number of Topliss-reactive ketones (excluding diaryl/α,β-unsaturated/α-hetero) is 1. The zero-order valence-electron chi connectivity index (χ0n) is 19.6. The van der Waals surface area contributed by atoms with Gasteiger partial charge in [0.15, 0.2) is 17.3 Å². The summed E-state index contributed by atoms with van der Waals surface area (Å²) in [6.07, 6.45) is 1.66. The monoisotopic (exact) mass is 493 g/mol. The number of rotatable bonds is 6. The van der Waals surface area contributed by atoms with Crippen molar-refractivity contribution in [1.29, 1.82) is 0 Å². The summed E-state index contributed by atoms with van der Waals surface area (Å²) in [5.74, 6) is 2.67. The van der Waals surface area contributed by atoms with E-state index in [9.17, 15) is 4.79 Å². The summed E-state index contributed by atoms with van der Waals surface area (Å²) in [5.41, 5.74) is 3.10. The number of fused-ring (bicyclic) bond motifs is 3. The summed E-state index contributed by atoms with van der Waals surface area (Å²) in [6.45, 7) is 1.70. The first-order valence-electron chi connectivity index (χ1n) is 11.0. The zero-order valence-corrected chi connectivity index (χ0v) is 20.3. The summed E-state index contributed by atoms with van der Waals surface area (Å²) in [7, 11) is 4.62. The first kappa shape index (κ1) is 23.1. The maximum atomic E-state index is 13.2. The van der Waals surface area contributed by atoms with Gasteiger partial charge in [0, 0.05) is 23.7 Å². The van der Waals surface area contributed by atoms with E-state index in [0.717, 1.165) is 11.1 Å². The number of hydrogen-bond donors (Lipinski definition) is 0. The second kappa shape index (κ2) is 9.52. The fourth-order valence-electron chi connectivity index (χ4n) is 4.33. The Bertz CT molecular complexity index is 1320. The van der Waals surface area contributed by atoms with E-state index in [1.807, 2.05) is 30.3 Å². The van der Waals surface area contributed by atoms with Crippen molar-refractivity contribution in [3.8, 4) is 28.7 Å². The number of halogens is 1. The second-order valence-corrected chi connectivity index (χ2v) is 8.61. The average molecular weight is 494 g/mol. The zero-order chi connectivity index (χ0) is 24.5. The number of carbonyl (C=O) groups is 1. The van der Waals surface area contributed by atoms with Crippen molar-refractivity contribution in [1.82, 2.24) is 4.90 Å². The van der Waals surface area contributed by atoms with Gasteiger partial charge in [-0.25, -0.2) is 0 Å². The van der Waals surface area contributed by atoms with Crippen LogP contribution < -0.4 is 23.7 Å². The van der Waals surface area contributed by atoms with Gasteiger partial charge in [-0.05, 0) is 48.0 Å². The minimum Gasteiger partial charge on any atom is -0.493 e. The van der Waals surface area contributed by atoms with Crippen LogP contribution in [0.4, 0.5) is 0 Å². The molecule has 5 rings (SSSR count). The SMILES string of the molecule is COc1ccc(/C=C2\Oc3c(ccc4c3CN(Cc3ccc(Cl)cc3)CO4)C2=O)c(OC)c1OC. The summed E-state index contributed by atoms with van der Waals surface area (Å²) < 4.78 is 28.5. The highest BCUT2D eigenvalue weighted by atomic mass is 35.5. The molecule has 0 spiro atoms. The van der Waals surface area contributed by atoms with Gasteiger partial charge in [-0.1, -0.05) is 23.7 Å². The Morgan fingerprint density at radius 1 is 0.971 bits per heavy atom. The van der Waals surface area contributed by atoms with Crippen molar-refractivity contribution in [2.75, 3.05) is 28.1 Å². The van der Waals surface area contributed by atoms with E-state index >= 15 is 0 Å². The van der Waals surface area contributed by atoms with Gasteiger partial charge >= 0.3 is 0 Å². The molecule has 7 nitrogen and oxygen atoms in total. The molecule has 0 unspecified atom stereocenters. The van der Waals surface area contributed by atoms with Crippen molar-refractivity contribution >= 4 is 23.5 Å². The topological polar surface area (TPSA) is 66.5 Å². The van der Waals surface area contributed by atoms with E-state index in [4.69, 9.17) is 35.3 Å². The van der Waals surface area contributed by atoms with Crippen LogP contribution in [-0.2, 0) is 13.1 Å². The molecule has 0 bridgehead atoms. The van der Waals surface area contributed by atoms with E-state index in [0.29, 0.717) is 64.7 Å². The average Bonchev–Trinajstić information content (AvgIpc) is 3.20. The first-order chi connectivity index (χ1) is 17.0. The predicted molar refractivity (Wildman–Crippen MR) is 132 cm³/mol. The molecule has 0 aliphatic carbocycles. The van der Waals surface area contributed by atoms with Crippen molar-refractivity contribution < 1.29 is 28.5 Å². The molecule has 0 radical (unpaired) electrons. The predicted octanol–water partition coefficient (Wildman–Crippen LogP) is 5.33. The lowest BCUT2D eigenvalue weighted by Crippen LogP contribution is -2.31. The maximum absolute atomic E-state index is 13.2. The Labute approximate surface area is 208 Å². The number of allylic oxidation sites excluding steroid dienone is 1. The van der Waals surface area contributed by atoms with Crippen LogP contribution in [0, 0.1) is 0 Å². The van der Waals surface area contributed by atoms with E-state index in [1.54, 1.807) is 31.4 Å². The molecule has 180 valence electrons. The molecule has 0 atom stereocenters. The van der Waals surface area contributed by atoms with Crippen LogP contribution in [-0.4, -0.2) is 38.7 Å². The fraction of sp³-hybridized carbons (Fsp3) is 0.222. The summed E-state index contributed by atoms with van der Waals surface area (Å²) in [4.78, 5) is 15.3. The molecule has 2 aliphatic heterocycles. The van der Waals surface area contributed by atoms with Gasteiger partial charge in [-0.15, -0.1) is 0 Å². The highest BCUT2D eigenvalue weighted by Gasteiger charge is 2.34. The van der Waals surface area contributed by atoms with E-state index < -0.39 is 0 Å². The highest BCUT2D eigenvalue weighted by Crippen LogP contribution is 2.44. The highest BCUT2D eigenvalue weighted by molar-refractivity contribution is 6.30. The number of methoxy groups -OCH3 is 3. The molecule has 2 heterocycles. The van der Waals surface area contributed by atoms with Gasteiger partial charge in [0.2, 0.25) is 11.5 Å². The molecule has 8 heteroatoms. The minimum atomic E-state index is -0.200. The Morgan fingerprint density at radius 2 is 1.74 bits per heavy atom. The summed E-state index contributed by atoms with van der Waals surface area (Å²) in [5, 5.41) is 0.698. The van der Waals surface area contributed by atoms with Crippen LogP contribution >= 0.6 is 11.6 Å². The van der Waals surface area contributed by atoms with Gasteiger partial charge in [0.25, 0.3) is 0 Å². The molecule has 0 N–H and O–H groups in total. The van der Waals surface area contributed by atoms with Gasteiger partial charge in [0.1, 0.15) is 18.2 Å². The second-order valence-electron chi connectivity index (χ2n) is 8.17. The normalized spacial score (nSPS) is 15.8. The number of carbonyl (C=O) groups excluding carboxylic acids is 1. The molecule has 35 heavy (non-hydrogen) atoms. The Balaban J connectivity index is 1.45. The Morgan fingerprint density at radius 3 is 2.46 bits per heavy atom. The van der Waals surface area contributed by atoms with Gasteiger partial charge < -0.3 is 23.7 Å². The summed E-state index contributed by atoms with van der Waals surface area (Å²) >= 11 is 6.01. The van der Waals surface area contributed by atoms with Crippen molar-refractivity contribution in [3.63, 3.8) is 0 Å². The van der Waals surface area contributed by atoms with E-state index in [-0.39, 0.29) is 11.5 Å². The number of ketones is 1. The number of hydrogen-bond acceptors (Lipinski definition) is 7. The molecule has 0 fully saturated rings. The lowest BCUT2D eigenvalue weighted by molar-refractivity contribution is 0.0873. The first-order valence-corrected chi connectivity index (χ1v) is 11.4. The third-order valence-electron chi connectivity index (χ3n) is 6.02. The quantitative estimate of drug-likeness (QED) is 0.430. The Hall–Kier alpha value is -3.68. The summed E-state index contributed by atoms with van der Waals surface area (Å²) in [6, 6.07) is 14.8. The van der Waals surface area contributed by atoms with Crippen molar-refractivity contribution in [2.45, 2.75) is 13.1 Å². The molecular formula is C27H24ClNO6. The smallest absolute Gasteiger partial charge is 0.231 e. The largest absolute Gasteiger partial charge is 0.493 e. The van der Waals surface area contributed by atoms with Gasteiger partial charge in [-0.2, -0.15) is 0 Å². The van der Waals surface area contributed by atoms with Crippen molar-refractivity contribution in [2.24, 2.45) is 0 Å².